The smallest absolute Gasteiger partial charge is 0.413 e. The van der Waals surface area contributed by atoms with E-state index < -0.39 is 27.9 Å². The van der Waals surface area contributed by atoms with Crippen LogP contribution in [-0.2, 0) is 27.7 Å². The summed E-state index contributed by atoms with van der Waals surface area (Å²) in [7, 11) is -0.895. The van der Waals surface area contributed by atoms with Gasteiger partial charge in [0.15, 0.2) is 0 Å². The van der Waals surface area contributed by atoms with Gasteiger partial charge in [0.2, 0.25) is 10.0 Å². The molecular formula is C27H36N4O6S2. The van der Waals surface area contributed by atoms with Crippen LogP contribution >= 0.6 is 11.3 Å². The van der Waals surface area contributed by atoms with E-state index in [1.807, 2.05) is 0 Å². The zero-order valence-electron chi connectivity index (χ0n) is 22.8. The number of carbonyl (C=O) groups is 3. The van der Waals surface area contributed by atoms with Crippen LogP contribution in [0.4, 0.5) is 9.80 Å². The second-order valence-electron chi connectivity index (χ2n) is 10.3. The molecule has 4 rings (SSSR count). The highest BCUT2D eigenvalue weighted by Gasteiger charge is 2.31. The first-order chi connectivity index (χ1) is 18.5. The molecule has 1 aliphatic carbocycles. The molecule has 0 spiro atoms. The SMILES string of the molecule is COC(=O)NC(=O)c1c(NC(=O)c2ccc(S(=O)(=O)N(C)C3CCCCC3)cc2)sc2c1CCN(C(C)C)C2. The molecule has 2 N–H and O–H groups in total. The molecule has 12 heteroatoms. The predicted octanol–water partition coefficient (Wildman–Crippen LogP) is 4.22. The number of amides is 3. The molecule has 2 heterocycles. The van der Waals surface area contributed by atoms with Gasteiger partial charge in [0.25, 0.3) is 11.8 Å². The first kappa shape index (κ1) is 29.2. The topological polar surface area (TPSA) is 125 Å². The zero-order valence-corrected chi connectivity index (χ0v) is 24.4. The van der Waals surface area contributed by atoms with E-state index in [1.165, 1.54) is 47.0 Å². The van der Waals surface area contributed by atoms with E-state index in [-0.39, 0.29) is 22.1 Å². The Morgan fingerprint density at radius 2 is 1.74 bits per heavy atom. The third-order valence-electron chi connectivity index (χ3n) is 7.55. The molecule has 0 saturated heterocycles. The van der Waals surface area contributed by atoms with Crippen molar-refractivity contribution < 1.29 is 27.5 Å². The molecule has 1 fully saturated rings. The number of nitrogens with one attached hydrogen (secondary N) is 2. The first-order valence-electron chi connectivity index (χ1n) is 13.2. The lowest BCUT2D eigenvalue weighted by Gasteiger charge is -2.30. The van der Waals surface area contributed by atoms with Crippen molar-refractivity contribution >= 4 is 44.3 Å². The normalized spacial score (nSPS) is 16.7. The van der Waals surface area contributed by atoms with Crippen LogP contribution in [0.25, 0.3) is 0 Å². The fourth-order valence-corrected chi connectivity index (χ4v) is 7.84. The third-order valence-corrected chi connectivity index (χ3v) is 10.6. The molecule has 10 nitrogen and oxygen atoms in total. The summed E-state index contributed by atoms with van der Waals surface area (Å²) in [6.45, 7) is 5.58. The highest BCUT2D eigenvalue weighted by Crippen LogP contribution is 2.38. The number of imide groups is 1. The maximum absolute atomic E-state index is 13.2. The summed E-state index contributed by atoms with van der Waals surface area (Å²) in [5.41, 5.74) is 1.31. The molecule has 2 aromatic rings. The Labute approximate surface area is 233 Å². The van der Waals surface area contributed by atoms with E-state index >= 15 is 0 Å². The molecular weight excluding hydrogens is 540 g/mol. The fourth-order valence-electron chi connectivity index (χ4n) is 5.16. The average Bonchev–Trinajstić information content (AvgIpc) is 3.30. The minimum absolute atomic E-state index is 0.0160. The first-order valence-corrected chi connectivity index (χ1v) is 15.5. The molecule has 0 atom stereocenters. The third kappa shape index (κ3) is 6.34. The number of methoxy groups -OCH3 is 1. The lowest BCUT2D eigenvalue weighted by Crippen LogP contribution is -2.38. The second-order valence-corrected chi connectivity index (χ2v) is 13.4. The van der Waals surface area contributed by atoms with Gasteiger partial charge in [-0.15, -0.1) is 11.3 Å². The van der Waals surface area contributed by atoms with Gasteiger partial charge in [0.05, 0.1) is 17.6 Å². The van der Waals surface area contributed by atoms with Gasteiger partial charge >= 0.3 is 6.09 Å². The number of fused-ring (bicyclic) bond motifs is 1. The lowest BCUT2D eigenvalue weighted by molar-refractivity contribution is 0.0936. The Hall–Kier alpha value is -2.80. The number of benzene rings is 1. The zero-order chi connectivity index (χ0) is 28.3. The number of thiophene rings is 1. The second kappa shape index (κ2) is 12.2. The maximum Gasteiger partial charge on any atom is 0.413 e. The van der Waals surface area contributed by atoms with Crippen molar-refractivity contribution in [3.05, 3.63) is 45.8 Å². The molecule has 1 aliphatic heterocycles. The highest BCUT2D eigenvalue weighted by molar-refractivity contribution is 7.89. The Bertz CT molecular complexity index is 1330. The molecule has 39 heavy (non-hydrogen) atoms. The number of hydrogen-bond donors (Lipinski definition) is 2. The van der Waals surface area contributed by atoms with Crippen LogP contribution in [0.5, 0.6) is 0 Å². The average molecular weight is 577 g/mol. The standard InChI is InChI=1S/C27H36N4O6S2/c1-17(2)31-15-14-21-22(16-31)38-26(23(21)25(33)29-27(34)37-4)28-24(32)18-10-12-20(13-11-18)39(35,36)30(3)19-8-6-5-7-9-19/h10-13,17,19H,5-9,14-16H2,1-4H3,(H,28,32)(H,29,33,34). The predicted molar refractivity (Wildman–Crippen MR) is 150 cm³/mol. The molecule has 2 aliphatic rings. The summed E-state index contributed by atoms with van der Waals surface area (Å²) in [6, 6.07) is 6.12. The monoisotopic (exact) mass is 576 g/mol. The number of alkyl carbamates (subject to hydrolysis) is 1. The van der Waals surface area contributed by atoms with Crippen LogP contribution in [-0.4, -0.2) is 68.3 Å². The summed E-state index contributed by atoms with van der Waals surface area (Å²) in [5, 5.41) is 5.36. The number of nitrogens with zero attached hydrogens (tertiary/aromatic N) is 2. The highest BCUT2D eigenvalue weighted by atomic mass is 32.2. The minimum Gasteiger partial charge on any atom is -0.453 e. The van der Waals surface area contributed by atoms with Crippen molar-refractivity contribution in [1.29, 1.82) is 0 Å². The number of anilines is 1. The molecule has 212 valence electrons. The number of carbonyl (C=O) groups excluding carboxylic acids is 3. The van der Waals surface area contributed by atoms with Crippen LogP contribution < -0.4 is 10.6 Å². The molecule has 1 aromatic carbocycles. The van der Waals surface area contributed by atoms with Crippen LogP contribution in [0.3, 0.4) is 0 Å². The fraction of sp³-hybridized carbons (Fsp3) is 0.519. The summed E-state index contributed by atoms with van der Waals surface area (Å²) in [4.78, 5) is 41.3. The number of hydrogen-bond acceptors (Lipinski definition) is 8. The van der Waals surface area contributed by atoms with Crippen molar-refractivity contribution in [2.45, 2.75) is 75.9 Å². The Morgan fingerprint density at radius 1 is 1.08 bits per heavy atom. The summed E-state index contributed by atoms with van der Waals surface area (Å²) in [6.07, 6.45) is 4.58. The van der Waals surface area contributed by atoms with Crippen molar-refractivity contribution in [3.8, 4) is 0 Å². The number of sulfonamides is 1. The Kier molecular flexibility index (Phi) is 9.10. The number of ether oxygens (including phenoxy) is 1. The molecule has 1 saturated carbocycles. The van der Waals surface area contributed by atoms with Gasteiger partial charge < -0.3 is 10.1 Å². The molecule has 0 bridgehead atoms. The Morgan fingerprint density at radius 3 is 2.36 bits per heavy atom. The molecule has 0 radical (unpaired) electrons. The van der Waals surface area contributed by atoms with Gasteiger partial charge in [0, 0.05) is 42.7 Å². The van der Waals surface area contributed by atoms with E-state index in [0.29, 0.717) is 24.0 Å². The van der Waals surface area contributed by atoms with Crippen LogP contribution in [0.2, 0.25) is 0 Å². The van der Waals surface area contributed by atoms with E-state index in [4.69, 9.17) is 0 Å². The summed E-state index contributed by atoms with van der Waals surface area (Å²) < 4.78 is 32.4. The van der Waals surface area contributed by atoms with E-state index in [2.05, 4.69) is 34.1 Å². The number of rotatable bonds is 7. The van der Waals surface area contributed by atoms with E-state index in [0.717, 1.165) is 49.1 Å². The summed E-state index contributed by atoms with van der Waals surface area (Å²) in [5.74, 6) is -1.12. The van der Waals surface area contributed by atoms with Gasteiger partial charge in [0.1, 0.15) is 5.00 Å². The van der Waals surface area contributed by atoms with Gasteiger partial charge in [-0.1, -0.05) is 19.3 Å². The minimum atomic E-state index is -3.68. The van der Waals surface area contributed by atoms with Gasteiger partial charge in [-0.2, -0.15) is 4.31 Å². The summed E-state index contributed by atoms with van der Waals surface area (Å²) >= 11 is 1.31. The maximum atomic E-state index is 13.2. The largest absolute Gasteiger partial charge is 0.453 e. The molecule has 1 aromatic heterocycles. The van der Waals surface area contributed by atoms with Crippen molar-refractivity contribution in [2.24, 2.45) is 0 Å². The van der Waals surface area contributed by atoms with Gasteiger partial charge in [-0.25, -0.2) is 13.2 Å². The Balaban J connectivity index is 1.56. The van der Waals surface area contributed by atoms with Crippen molar-refractivity contribution in [3.63, 3.8) is 0 Å². The van der Waals surface area contributed by atoms with Crippen molar-refractivity contribution in [2.75, 3.05) is 26.0 Å². The van der Waals surface area contributed by atoms with Gasteiger partial charge in [-0.05, 0) is 62.9 Å². The van der Waals surface area contributed by atoms with Crippen LogP contribution in [0.15, 0.2) is 29.2 Å². The van der Waals surface area contributed by atoms with Crippen LogP contribution in [0, 0.1) is 0 Å². The molecule has 3 amide bonds. The molecule has 0 unspecified atom stereocenters. The van der Waals surface area contributed by atoms with Gasteiger partial charge in [-0.3, -0.25) is 19.8 Å². The van der Waals surface area contributed by atoms with E-state index in [1.54, 1.807) is 7.05 Å². The lowest BCUT2D eigenvalue weighted by atomic mass is 9.96. The van der Waals surface area contributed by atoms with Crippen LogP contribution in [0.1, 0.15) is 77.1 Å². The van der Waals surface area contributed by atoms with E-state index in [9.17, 15) is 22.8 Å². The quantitative estimate of drug-likeness (QED) is 0.506. The van der Waals surface area contributed by atoms with Crippen molar-refractivity contribution in [1.82, 2.24) is 14.5 Å².